The number of hydrogen-bond acceptors (Lipinski definition) is 5. The minimum atomic E-state index is -4.02. The number of hydrogen-bond donors (Lipinski definition) is 1. The van der Waals surface area contributed by atoms with Crippen molar-refractivity contribution in [2.75, 3.05) is 11.8 Å². The lowest BCUT2D eigenvalue weighted by Gasteiger charge is -2.12. The second kappa shape index (κ2) is 8.25. The molecule has 0 radical (unpaired) electrons. The number of nitrogens with zero attached hydrogens (tertiary/aromatic N) is 1. The number of thiazole rings is 1. The van der Waals surface area contributed by atoms with Gasteiger partial charge in [-0.3, -0.25) is 4.72 Å². The molecule has 3 aromatic carbocycles. The van der Waals surface area contributed by atoms with Gasteiger partial charge in [0.2, 0.25) is 0 Å². The first-order chi connectivity index (χ1) is 14.5. The van der Waals surface area contributed by atoms with Gasteiger partial charge in [0.1, 0.15) is 21.5 Å². The van der Waals surface area contributed by atoms with Crippen LogP contribution in [0.5, 0.6) is 5.75 Å². The van der Waals surface area contributed by atoms with Crippen molar-refractivity contribution in [3.05, 3.63) is 84.0 Å². The normalized spacial score (nSPS) is 11.3. The summed E-state index contributed by atoms with van der Waals surface area (Å²) in [5.41, 5.74) is 3.06. The molecule has 1 aromatic heterocycles. The smallest absolute Gasteiger partial charge is 0.265 e. The van der Waals surface area contributed by atoms with E-state index in [1.54, 1.807) is 35.6 Å². The SMILES string of the molecule is COc1ccc(F)cc1S(=O)(=O)Nc1ccc(-c2csc(-c3ccccc3)n2)cc1. The summed E-state index contributed by atoms with van der Waals surface area (Å²) in [7, 11) is -2.68. The maximum absolute atomic E-state index is 13.6. The fourth-order valence-electron chi connectivity index (χ4n) is 2.90. The van der Waals surface area contributed by atoms with E-state index in [-0.39, 0.29) is 10.6 Å². The van der Waals surface area contributed by atoms with Crippen LogP contribution in [0.2, 0.25) is 0 Å². The van der Waals surface area contributed by atoms with E-state index in [1.807, 2.05) is 35.7 Å². The lowest BCUT2D eigenvalue weighted by atomic mass is 10.1. The van der Waals surface area contributed by atoms with E-state index < -0.39 is 15.8 Å². The Morgan fingerprint density at radius 1 is 0.967 bits per heavy atom. The summed E-state index contributed by atoms with van der Waals surface area (Å²) in [6.07, 6.45) is 0. The molecule has 5 nitrogen and oxygen atoms in total. The van der Waals surface area contributed by atoms with Crippen LogP contribution in [0.25, 0.3) is 21.8 Å². The van der Waals surface area contributed by atoms with E-state index in [2.05, 4.69) is 9.71 Å². The zero-order chi connectivity index (χ0) is 21.1. The van der Waals surface area contributed by atoms with Gasteiger partial charge < -0.3 is 4.74 Å². The van der Waals surface area contributed by atoms with Gasteiger partial charge in [-0.05, 0) is 30.3 Å². The molecular formula is C22H17FN2O3S2. The Morgan fingerprint density at radius 3 is 2.40 bits per heavy atom. The van der Waals surface area contributed by atoms with Gasteiger partial charge in [-0.2, -0.15) is 0 Å². The highest BCUT2D eigenvalue weighted by molar-refractivity contribution is 7.92. The van der Waals surface area contributed by atoms with Gasteiger partial charge >= 0.3 is 0 Å². The van der Waals surface area contributed by atoms with Crippen LogP contribution in [-0.2, 0) is 10.0 Å². The predicted octanol–water partition coefficient (Wildman–Crippen LogP) is 5.43. The summed E-state index contributed by atoms with van der Waals surface area (Å²) in [6, 6.07) is 20.1. The Morgan fingerprint density at radius 2 is 1.70 bits per heavy atom. The fraction of sp³-hybridized carbons (Fsp3) is 0.0455. The van der Waals surface area contributed by atoms with E-state index >= 15 is 0 Å². The average Bonchev–Trinajstić information content (AvgIpc) is 3.25. The highest BCUT2D eigenvalue weighted by atomic mass is 32.2. The number of nitrogens with one attached hydrogen (secondary N) is 1. The molecule has 0 saturated heterocycles. The molecule has 0 bridgehead atoms. The van der Waals surface area contributed by atoms with E-state index in [0.717, 1.165) is 34.0 Å². The summed E-state index contributed by atoms with van der Waals surface area (Å²) in [4.78, 5) is 4.39. The van der Waals surface area contributed by atoms with Crippen LogP contribution in [-0.4, -0.2) is 20.5 Å². The van der Waals surface area contributed by atoms with Gasteiger partial charge in [-0.15, -0.1) is 11.3 Å². The number of halogens is 1. The van der Waals surface area contributed by atoms with Crippen molar-refractivity contribution < 1.29 is 17.5 Å². The lowest BCUT2D eigenvalue weighted by Crippen LogP contribution is -2.14. The third kappa shape index (κ3) is 4.19. The number of methoxy groups -OCH3 is 1. The zero-order valence-electron chi connectivity index (χ0n) is 15.9. The van der Waals surface area contributed by atoms with Crippen molar-refractivity contribution in [3.8, 4) is 27.6 Å². The second-order valence-electron chi connectivity index (χ2n) is 6.38. The molecule has 0 amide bonds. The number of benzene rings is 3. The lowest BCUT2D eigenvalue weighted by molar-refractivity contribution is 0.401. The summed E-state index contributed by atoms with van der Waals surface area (Å²) in [5, 5.41) is 2.87. The molecule has 4 rings (SSSR count). The highest BCUT2D eigenvalue weighted by Crippen LogP contribution is 2.30. The van der Waals surface area contributed by atoms with Gasteiger partial charge in [-0.25, -0.2) is 17.8 Å². The Bertz CT molecular complexity index is 1270. The van der Waals surface area contributed by atoms with Crippen LogP contribution >= 0.6 is 11.3 Å². The molecule has 0 aliphatic rings. The minimum Gasteiger partial charge on any atom is -0.495 e. The zero-order valence-corrected chi connectivity index (χ0v) is 17.5. The van der Waals surface area contributed by atoms with Gasteiger partial charge in [0.15, 0.2) is 0 Å². The van der Waals surface area contributed by atoms with E-state index in [0.29, 0.717) is 5.69 Å². The molecule has 0 atom stereocenters. The van der Waals surface area contributed by atoms with Crippen molar-refractivity contribution in [2.24, 2.45) is 0 Å². The minimum absolute atomic E-state index is 0.0661. The summed E-state index contributed by atoms with van der Waals surface area (Å²) in [5.74, 6) is -0.597. The van der Waals surface area contributed by atoms with Crippen molar-refractivity contribution in [1.29, 1.82) is 0 Å². The molecule has 0 fully saturated rings. The third-order valence-corrected chi connectivity index (χ3v) is 6.67. The molecule has 30 heavy (non-hydrogen) atoms. The molecule has 0 spiro atoms. The molecule has 0 unspecified atom stereocenters. The fourth-order valence-corrected chi connectivity index (χ4v) is 4.97. The van der Waals surface area contributed by atoms with Crippen LogP contribution < -0.4 is 9.46 Å². The van der Waals surface area contributed by atoms with Gasteiger partial charge in [0.25, 0.3) is 10.0 Å². The van der Waals surface area contributed by atoms with Gasteiger partial charge in [-0.1, -0.05) is 42.5 Å². The summed E-state index contributed by atoms with van der Waals surface area (Å²) < 4.78 is 46.4. The van der Waals surface area contributed by atoms with E-state index in [4.69, 9.17) is 4.74 Å². The first-order valence-corrected chi connectivity index (χ1v) is 11.3. The highest BCUT2D eigenvalue weighted by Gasteiger charge is 2.20. The number of rotatable bonds is 6. The molecule has 1 heterocycles. The van der Waals surface area contributed by atoms with Crippen molar-refractivity contribution in [3.63, 3.8) is 0 Å². The number of anilines is 1. The Balaban J connectivity index is 1.56. The molecule has 0 aliphatic heterocycles. The number of sulfonamides is 1. The Kier molecular flexibility index (Phi) is 5.52. The van der Waals surface area contributed by atoms with Crippen LogP contribution in [0.15, 0.2) is 83.1 Å². The molecule has 8 heteroatoms. The van der Waals surface area contributed by atoms with Crippen molar-refractivity contribution in [1.82, 2.24) is 4.98 Å². The standard InChI is InChI=1S/C22H17FN2O3S2/c1-28-20-12-9-17(23)13-21(20)30(26,27)25-18-10-7-15(8-11-18)19-14-29-22(24-19)16-5-3-2-4-6-16/h2-14,25H,1H3. The largest absolute Gasteiger partial charge is 0.495 e. The average molecular weight is 441 g/mol. The van der Waals surface area contributed by atoms with E-state index in [9.17, 15) is 12.8 Å². The quantitative estimate of drug-likeness (QED) is 0.434. The van der Waals surface area contributed by atoms with Crippen LogP contribution in [0.1, 0.15) is 0 Å². The van der Waals surface area contributed by atoms with E-state index in [1.165, 1.54) is 13.2 Å². The van der Waals surface area contributed by atoms with Crippen LogP contribution in [0.3, 0.4) is 0 Å². The maximum atomic E-state index is 13.6. The Labute approximate surface area is 177 Å². The topological polar surface area (TPSA) is 68.3 Å². The number of ether oxygens (including phenoxy) is 1. The first-order valence-electron chi connectivity index (χ1n) is 8.94. The molecular weight excluding hydrogens is 423 g/mol. The summed E-state index contributed by atoms with van der Waals surface area (Å²) >= 11 is 1.54. The predicted molar refractivity (Wildman–Crippen MR) is 117 cm³/mol. The first kappa shape index (κ1) is 20.1. The maximum Gasteiger partial charge on any atom is 0.265 e. The molecule has 0 aliphatic carbocycles. The summed E-state index contributed by atoms with van der Waals surface area (Å²) in [6.45, 7) is 0. The molecule has 152 valence electrons. The van der Waals surface area contributed by atoms with Gasteiger partial charge in [0, 0.05) is 22.2 Å². The number of aromatic nitrogens is 1. The molecule has 4 aromatic rings. The monoisotopic (exact) mass is 440 g/mol. The third-order valence-electron chi connectivity index (χ3n) is 4.37. The van der Waals surface area contributed by atoms with Crippen molar-refractivity contribution in [2.45, 2.75) is 4.90 Å². The Hall–Kier alpha value is -3.23. The molecule has 0 saturated carbocycles. The molecule has 1 N–H and O–H groups in total. The van der Waals surface area contributed by atoms with Crippen LogP contribution in [0.4, 0.5) is 10.1 Å². The van der Waals surface area contributed by atoms with Gasteiger partial charge in [0.05, 0.1) is 12.8 Å². The second-order valence-corrected chi connectivity index (χ2v) is 8.89. The van der Waals surface area contributed by atoms with Crippen LogP contribution in [0, 0.1) is 5.82 Å². The van der Waals surface area contributed by atoms with Crippen molar-refractivity contribution >= 4 is 27.0 Å².